The molecule has 19 heavy (non-hydrogen) atoms. The Balaban J connectivity index is 2.33. The molecule has 0 saturated carbocycles. The Kier molecular flexibility index (Phi) is 3.85. The molecule has 5 heteroatoms. The predicted molar refractivity (Wildman–Crippen MR) is 82.2 cm³/mol. The average Bonchev–Trinajstić information content (AvgIpc) is 2.38. The Labute approximate surface area is 120 Å². The minimum Gasteiger partial charge on any atom is -0.384 e. The van der Waals surface area contributed by atoms with Gasteiger partial charge in [-0.2, -0.15) is 0 Å². The highest BCUT2D eigenvalue weighted by molar-refractivity contribution is 9.10. The summed E-state index contributed by atoms with van der Waals surface area (Å²) in [5, 5.41) is 7.38. The molecule has 0 aliphatic rings. The van der Waals surface area contributed by atoms with Crippen LogP contribution in [0.2, 0.25) is 0 Å². The molecule has 4 nitrogen and oxygen atoms in total. The number of anilines is 2. The highest BCUT2D eigenvalue weighted by atomic mass is 79.9. The Morgan fingerprint density at radius 3 is 2.47 bits per heavy atom. The third-order valence-corrected chi connectivity index (χ3v) is 3.33. The second-order valence-electron chi connectivity index (χ2n) is 4.31. The van der Waals surface area contributed by atoms with Crippen LogP contribution in [0.5, 0.6) is 0 Å². The van der Waals surface area contributed by atoms with Crippen molar-refractivity contribution in [2.75, 3.05) is 11.9 Å². The lowest BCUT2D eigenvalue weighted by molar-refractivity contribution is 1.10. The lowest BCUT2D eigenvalue weighted by Crippen LogP contribution is -2.14. The molecule has 98 valence electrons. The zero-order valence-electron chi connectivity index (χ0n) is 10.8. The van der Waals surface area contributed by atoms with Crippen molar-refractivity contribution >= 4 is 33.3 Å². The number of hydrogen-bond acceptors (Lipinski definition) is 3. The molecule has 2 rings (SSSR count). The number of nitrogen functional groups attached to an aromatic ring is 1. The van der Waals surface area contributed by atoms with E-state index in [2.05, 4.69) is 20.9 Å². The van der Waals surface area contributed by atoms with Crippen LogP contribution in [0, 0.1) is 12.3 Å². The molecular weight excluding hydrogens is 304 g/mol. The summed E-state index contributed by atoms with van der Waals surface area (Å²) in [7, 11) is 1.96. The molecule has 1 aromatic heterocycles. The van der Waals surface area contributed by atoms with Gasteiger partial charge in [0.25, 0.3) is 0 Å². The van der Waals surface area contributed by atoms with E-state index in [1.54, 1.807) is 6.20 Å². The number of amidine groups is 1. The van der Waals surface area contributed by atoms with Gasteiger partial charge in [-0.05, 0) is 58.7 Å². The average molecular weight is 319 g/mol. The van der Waals surface area contributed by atoms with Crippen LogP contribution in [0.1, 0.15) is 11.1 Å². The maximum Gasteiger partial charge on any atom is 0.135 e. The van der Waals surface area contributed by atoms with Gasteiger partial charge in [-0.15, -0.1) is 0 Å². The molecule has 0 bridgehead atoms. The zero-order chi connectivity index (χ0) is 14.0. The minimum absolute atomic E-state index is 0.0761. The van der Waals surface area contributed by atoms with E-state index >= 15 is 0 Å². The lowest BCUT2D eigenvalue weighted by Gasteiger charge is -2.20. The predicted octanol–water partition coefficient (Wildman–Crippen LogP) is 3.20. The summed E-state index contributed by atoms with van der Waals surface area (Å²) in [5.41, 5.74) is 8.26. The lowest BCUT2D eigenvalue weighted by atomic mass is 10.1. The van der Waals surface area contributed by atoms with Crippen molar-refractivity contribution in [2.24, 2.45) is 5.73 Å². The quantitative estimate of drug-likeness (QED) is 0.674. The van der Waals surface area contributed by atoms with Crippen molar-refractivity contribution in [3.05, 3.63) is 52.1 Å². The molecule has 1 aromatic carbocycles. The van der Waals surface area contributed by atoms with Crippen molar-refractivity contribution in [2.45, 2.75) is 6.92 Å². The Hall–Kier alpha value is -1.88. The summed E-state index contributed by atoms with van der Waals surface area (Å²) in [5.74, 6) is 0.978. The van der Waals surface area contributed by atoms with Gasteiger partial charge in [0.2, 0.25) is 0 Å². The van der Waals surface area contributed by atoms with Gasteiger partial charge in [0, 0.05) is 29.0 Å². The summed E-state index contributed by atoms with van der Waals surface area (Å²) in [6.45, 7) is 2.02. The summed E-state index contributed by atoms with van der Waals surface area (Å²) in [4.78, 5) is 6.43. The highest BCUT2D eigenvalue weighted by Gasteiger charge is 2.09. The number of aromatic nitrogens is 1. The fourth-order valence-electron chi connectivity index (χ4n) is 1.87. The van der Waals surface area contributed by atoms with Gasteiger partial charge >= 0.3 is 0 Å². The van der Waals surface area contributed by atoms with Gasteiger partial charge in [0.1, 0.15) is 11.7 Å². The molecule has 3 N–H and O–H groups in total. The summed E-state index contributed by atoms with van der Waals surface area (Å²) >= 11 is 3.41. The van der Waals surface area contributed by atoms with Gasteiger partial charge in [-0.25, -0.2) is 4.98 Å². The maximum absolute atomic E-state index is 7.38. The Morgan fingerprint density at radius 2 is 1.95 bits per heavy atom. The molecule has 1 heterocycles. The third-order valence-electron chi connectivity index (χ3n) is 2.90. The van der Waals surface area contributed by atoms with E-state index in [4.69, 9.17) is 11.1 Å². The van der Waals surface area contributed by atoms with E-state index in [0.717, 1.165) is 27.1 Å². The third kappa shape index (κ3) is 2.93. The number of nitrogens with zero attached hydrogens (tertiary/aromatic N) is 2. The SMILES string of the molecule is Cc1cc(Br)cnc1N(C)c1ccc(C(=N)N)cc1. The van der Waals surface area contributed by atoms with E-state index in [0.29, 0.717) is 0 Å². The number of hydrogen-bond donors (Lipinski definition) is 2. The van der Waals surface area contributed by atoms with Crippen LogP contribution in [0.3, 0.4) is 0 Å². The molecule has 0 saturated heterocycles. The van der Waals surface area contributed by atoms with Crippen molar-refractivity contribution in [3.8, 4) is 0 Å². The van der Waals surface area contributed by atoms with Crippen molar-refractivity contribution < 1.29 is 0 Å². The van der Waals surface area contributed by atoms with Crippen LogP contribution in [0.25, 0.3) is 0 Å². The fourth-order valence-corrected chi connectivity index (χ4v) is 2.32. The Bertz CT molecular complexity index is 607. The first-order valence-electron chi connectivity index (χ1n) is 5.79. The van der Waals surface area contributed by atoms with Crippen LogP contribution < -0.4 is 10.6 Å². The highest BCUT2D eigenvalue weighted by Crippen LogP contribution is 2.26. The molecule has 0 amide bonds. The number of halogens is 1. The van der Waals surface area contributed by atoms with E-state index in [1.807, 2.05) is 49.2 Å². The molecule has 2 aromatic rings. The molecule has 0 spiro atoms. The molecule has 0 atom stereocenters. The number of nitrogens with one attached hydrogen (secondary N) is 1. The Morgan fingerprint density at radius 1 is 1.32 bits per heavy atom. The van der Waals surface area contributed by atoms with E-state index in [1.165, 1.54) is 0 Å². The molecule has 0 unspecified atom stereocenters. The van der Waals surface area contributed by atoms with Crippen molar-refractivity contribution in [1.82, 2.24) is 4.98 Å². The van der Waals surface area contributed by atoms with Gasteiger partial charge in [-0.3, -0.25) is 5.41 Å². The second kappa shape index (κ2) is 5.40. The summed E-state index contributed by atoms with van der Waals surface area (Å²) in [6, 6.07) is 9.56. The number of rotatable bonds is 3. The summed E-state index contributed by atoms with van der Waals surface area (Å²) < 4.78 is 0.967. The second-order valence-corrected chi connectivity index (χ2v) is 5.23. The van der Waals surface area contributed by atoms with Gasteiger partial charge in [0.15, 0.2) is 0 Å². The van der Waals surface area contributed by atoms with E-state index < -0.39 is 0 Å². The van der Waals surface area contributed by atoms with Crippen LogP contribution in [-0.4, -0.2) is 17.9 Å². The number of nitrogens with two attached hydrogens (primary N) is 1. The molecule has 0 aliphatic heterocycles. The number of aryl methyl sites for hydroxylation is 1. The van der Waals surface area contributed by atoms with Crippen molar-refractivity contribution in [1.29, 1.82) is 5.41 Å². The summed E-state index contributed by atoms with van der Waals surface area (Å²) in [6.07, 6.45) is 1.78. The first-order chi connectivity index (χ1) is 8.99. The van der Waals surface area contributed by atoms with Crippen LogP contribution in [0.4, 0.5) is 11.5 Å². The molecule has 0 radical (unpaired) electrons. The topological polar surface area (TPSA) is 66.0 Å². The molecule has 0 fully saturated rings. The minimum atomic E-state index is 0.0761. The van der Waals surface area contributed by atoms with E-state index in [-0.39, 0.29) is 5.84 Å². The van der Waals surface area contributed by atoms with Crippen LogP contribution in [0.15, 0.2) is 41.0 Å². The largest absolute Gasteiger partial charge is 0.384 e. The number of pyridine rings is 1. The van der Waals surface area contributed by atoms with E-state index in [9.17, 15) is 0 Å². The smallest absolute Gasteiger partial charge is 0.135 e. The van der Waals surface area contributed by atoms with Crippen molar-refractivity contribution in [3.63, 3.8) is 0 Å². The first kappa shape index (κ1) is 13.5. The normalized spacial score (nSPS) is 10.3. The van der Waals surface area contributed by atoms with Crippen LogP contribution in [-0.2, 0) is 0 Å². The molecular formula is C14H15BrN4. The van der Waals surface area contributed by atoms with Gasteiger partial charge in [0.05, 0.1) is 0 Å². The molecule has 0 aliphatic carbocycles. The fraction of sp³-hybridized carbons (Fsp3) is 0.143. The standard InChI is InChI=1S/C14H15BrN4/c1-9-7-11(15)8-18-14(9)19(2)12-5-3-10(4-6-12)13(16)17/h3-8H,1-2H3,(H3,16,17). The van der Waals surface area contributed by atoms with Gasteiger partial charge in [-0.1, -0.05) is 0 Å². The van der Waals surface area contributed by atoms with Crippen LogP contribution >= 0.6 is 15.9 Å². The zero-order valence-corrected chi connectivity index (χ0v) is 12.4. The maximum atomic E-state index is 7.38. The number of benzene rings is 1. The monoisotopic (exact) mass is 318 g/mol. The van der Waals surface area contributed by atoms with Gasteiger partial charge < -0.3 is 10.6 Å². The first-order valence-corrected chi connectivity index (χ1v) is 6.58.